The van der Waals surface area contributed by atoms with Gasteiger partial charge in [0.2, 0.25) is 16.4 Å². The van der Waals surface area contributed by atoms with Gasteiger partial charge in [-0.2, -0.15) is 0 Å². The highest BCUT2D eigenvalue weighted by atomic mass is 32.2. The molecule has 1 aliphatic rings. The molecule has 0 saturated carbocycles. The second kappa shape index (κ2) is 13.7. The van der Waals surface area contributed by atoms with Crippen molar-refractivity contribution >= 4 is 45.6 Å². The maximum atomic E-state index is 13.6. The van der Waals surface area contributed by atoms with Crippen LogP contribution in [0.15, 0.2) is 72.0 Å². The summed E-state index contributed by atoms with van der Waals surface area (Å²) in [6.45, 7) is 8.37. The van der Waals surface area contributed by atoms with Crippen molar-refractivity contribution in [1.82, 2.24) is 4.90 Å². The lowest BCUT2D eigenvalue weighted by atomic mass is 10.00. The number of thioether (sulfide) groups is 1. The van der Waals surface area contributed by atoms with Gasteiger partial charge in [0.05, 0.1) is 18.5 Å². The predicted molar refractivity (Wildman–Crippen MR) is 154 cm³/mol. The van der Waals surface area contributed by atoms with E-state index in [1.807, 2.05) is 0 Å². The first kappa shape index (κ1) is 31.7. The summed E-state index contributed by atoms with van der Waals surface area (Å²) in [7, 11) is 1.50. The molecule has 2 atom stereocenters. The van der Waals surface area contributed by atoms with Crippen molar-refractivity contribution in [2.45, 2.75) is 39.2 Å². The lowest BCUT2D eigenvalue weighted by Crippen LogP contribution is -2.57. The number of non-ortho nitro benzene ring substituents is 1. The van der Waals surface area contributed by atoms with Crippen LogP contribution >= 0.6 is 11.8 Å². The Morgan fingerprint density at radius 1 is 1.15 bits per heavy atom. The van der Waals surface area contributed by atoms with E-state index in [9.17, 15) is 29.1 Å². The summed E-state index contributed by atoms with van der Waals surface area (Å²) in [6, 6.07) is 11.8. The van der Waals surface area contributed by atoms with Crippen LogP contribution in [-0.4, -0.2) is 49.6 Å². The first-order valence-corrected chi connectivity index (χ1v) is 14.5. The molecule has 1 heterocycles. The van der Waals surface area contributed by atoms with Gasteiger partial charge in [0.15, 0.2) is 10.8 Å². The molecule has 1 aliphatic heterocycles. The quantitative estimate of drug-likeness (QED) is 0.0489. The molecule has 11 nitrogen and oxygen atoms in total. The number of nitro benzene ring substituents is 1. The van der Waals surface area contributed by atoms with Crippen molar-refractivity contribution in [2.24, 2.45) is 5.41 Å². The summed E-state index contributed by atoms with van der Waals surface area (Å²) < 4.78 is 29.6. The van der Waals surface area contributed by atoms with E-state index in [2.05, 4.69) is 6.58 Å². The number of hydrogen-bond acceptors (Lipinski definition) is 10. The molecule has 218 valence electrons. The standard InChI is InChI=1S/C28H30N2O9S2/c1-6-15-41(36)23-16-22(31)29(23)24(25(32)38-17-18-7-9-19(10-8-18)30(34)35)26(40-27(33)28(2,3)4)39-21-13-11-20(37-5)12-14-21/h6-14,23H,1,15-17H2,2-5H3. The molecule has 41 heavy (non-hydrogen) atoms. The maximum Gasteiger partial charge on any atom is 0.360 e. The molecule has 0 aromatic heterocycles. The van der Waals surface area contributed by atoms with E-state index >= 15 is 0 Å². The second-order valence-electron chi connectivity index (χ2n) is 9.81. The van der Waals surface area contributed by atoms with Crippen LogP contribution in [0.5, 0.6) is 11.5 Å². The van der Waals surface area contributed by atoms with Gasteiger partial charge in [-0.25, -0.2) is 4.79 Å². The Labute approximate surface area is 244 Å². The smallest absolute Gasteiger partial charge is 0.360 e. The van der Waals surface area contributed by atoms with Crippen molar-refractivity contribution in [1.29, 1.82) is 0 Å². The minimum Gasteiger partial charge on any atom is -0.614 e. The number of β-lactam (4-membered cyclic amide) rings is 1. The fourth-order valence-corrected chi connectivity index (χ4v) is 5.54. The zero-order chi connectivity index (χ0) is 30.3. The van der Waals surface area contributed by atoms with Crippen LogP contribution in [0, 0.1) is 15.5 Å². The number of nitro groups is 1. The highest BCUT2D eigenvalue weighted by Crippen LogP contribution is 2.38. The third kappa shape index (κ3) is 8.12. The van der Waals surface area contributed by atoms with E-state index in [1.165, 1.54) is 37.5 Å². The molecule has 0 aliphatic carbocycles. The Bertz CT molecular complexity index is 1340. The molecular formula is C28H30N2O9S2. The highest BCUT2D eigenvalue weighted by molar-refractivity contribution is 8.16. The number of esters is 1. The summed E-state index contributed by atoms with van der Waals surface area (Å²) >= 11 is -0.970. The van der Waals surface area contributed by atoms with Gasteiger partial charge in [0.25, 0.3) is 5.69 Å². The molecule has 2 aromatic carbocycles. The average molecular weight is 603 g/mol. The highest BCUT2D eigenvalue weighted by Gasteiger charge is 2.50. The fourth-order valence-electron chi connectivity index (χ4n) is 3.41. The van der Waals surface area contributed by atoms with Crippen molar-refractivity contribution in [3.63, 3.8) is 0 Å². The molecule has 1 amide bonds. The molecule has 2 unspecified atom stereocenters. The molecule has 1 saturated heterocycles. The number of carbonyl (C=O) groups excluding carboxylic acids is 3. The number of nitrogens with zero attached hydrogens (tertiary/aromatic N) is 2. The van der Waals surface area contributed by atoms with Crippen molar-refractivity contribution in [3.05, 3.63) is 87.7 Å². The molecule has 0 radical (unpaired) electrons. The van der Waals surface area contributed by atoms with Gasteiger partial charge in [0, 0.05) is 17.5 Å². The van der Waals surface area contributed by atoms with E-state index in [0.29, 0.717) is 23.1 Å². The number of benzene rings is 2. The van der Waals surface area contributed by atoms with Gasteiger partial charge >= 0.3 is 5.97 Å². The van der Waals surface area contributed by atoms with Crippen LogP contribution in [0.1, 0.15) is 32.8 Å². The second-order valence-corrected chi connectivity index (χ2v) is 12.4. The van der Waals surface area contributed by atoms with Crippen LogP contribution < -0.4 is 9.47 Å². The van der Waals surface area contributed by atoms with Gasteiger partial charge in [-0.05, 0) is 71.0 Å². The third-order valence-corrected chi connectivity index (χ3v) is 8.51. The number of carbonyl (C=O) groups is 3. The zero-order valence-corrected chi connectivity index (χ0v) is 24.6. The molecular weight excluding hydrogens is 572 g/mol. The molecule has 0 bridgehead atoms. The topological polar surface area (TPSA) is 148 Å². The van der Waals surface area contributed by atoms with Gasteiger partial charge in [-0.15, -0.1) is 0 Å². The van der Waals surface area contributed by atoms with E-state index < -0.39 is 38.8 Å². The van der Waals surface area contributed by atoms with Crippen molar-refractivity contribution in [2.75, 3.05) is 12.9 Å². The van der Waals surface area contributed by atoms with Crippen molar-refractivity contribution in [3.8, 4) is 11.5 Å². The van der Waals surface area contributed by atoms with E-state index in [0.717, 1.165) is 4.90 Å². The fraction of sp³-hybridized carbons (Fsp3) is 0.321. The number of hydrogen-bond donors (Lipinski definition) is 0. The first-order chi connectivity index (χ1) is 19.3. The average Bonchev–Trinajstić information content (AvgIpc) is 2.93. The number of likely N-dealkylation sites (tertiary alicyclic amines) is 1. The van der Waals surface area contributed by atoms with E-state index in [4.69, 9.17) is 14.2 Å². The normalized spacial score (nSPS) is 16.2. The molecule has 3 rings (SSSR count). The van der Waals surface area contributed by atoms with Gasteiger partial charge in [-0.1, -0.05) is 27.4 Å². The lowest BCUT2D eigenvalue weighted by Gasteiger charge is -2.40. The maximum absolute atomic E-state index is 13.6. The predicted octanol–water partition coefficient (Wildman–Crippen LogP) is 4.69. The van der Waals surface area contributed by atoms with Crippen molar-refractivity contribution < 1.29 is 38.1 Å². The van der Waals surface area contributed by atoms with Gasteiger partial charge < -0.3 is 18.8 Å². The van der Waals surface area contributed by atoms with Gasteiger partial charge in [0.1, 0.15) is 23.9 Å². The number of amides is 1. The Morgan fingerprint density at radius 3 is 2.27 bits per heavy atom. The summed E-state index contributed by atoms with van der Waals surface area (Å²) in [4.78, 5) is 51.1. The number of ether oxygens (including phenoxy) is 3. The Kier molecular flexibility index (Phi) is 10.6. The molecule has 0 N–H and O–H groups in total. The first-order valence-electron chi connectivity index (χ1n) is 12.3. The SMILES string of the molecule is C=CC[S+]([O-])C1CC(=O)N1C(C(=O)OCc1ccc([N+](=O)[O-])cc1)=C(Oc1ccc(OC)cc1)SC(=O)C(C)(C)C. The van der Waals surface area contributed by atoms with Crippen LogP contribution in [0.3, 0.4) is 0 Å². The minimum atomic E-state index is -1.60. The van der Waals surface area contributed by atoms with Crippen LogP contribution in [-0.2, 0) is 36.9 Å². The van der Waals surface area contributed by atoms with Crippen LogP contribution in [0.4, 0.5) is 5.69 Å². The molecule has 13 heteroatoms. The molecule has 2 aromatic rings. The Hall–Kier alpha value is -3.81. The van der Waals surface area contributed by atoms with E-state index in [-0.39, 0.29) is 46.1 Å². The zero-order valence-electron chi connectivity index (χ0n) is 23.0. The lowest BCUT2D eigenvalue weighted by molar-refractivity contribution is -0.384. The summed E-state index contributed by atoms with van der Waals surface area (Å²) in [5.41, 5.74) is -0.909. The van der Waals surface area contributed by atoms with Crippen LogP contribution in [0.2, 0.25) is 0 Å². The third-order valence-electron chi connectivity index (χ3n) is 5.70. The molecule has 0 spiro atoms. The summed E-state index contributed by atoms with van der Waals surface area (Å²) in [5.74, 6) is -0.652. The largest absolute Gasteiger partial charge is 0.614 e. The summed E-state index contributed by atoms with van der Waals surface area (Å²) in [6.07, 6.45) is 1.35. The Morgan fingerprint density at radius 2 is 1.76 bits per heavy atom. The summed E-state index contributed by atoms with van der Waals surface area (Å²) in [5, 5.41) is 9.50. The van der Waals surface area contributed by atoms with E-state index in [1.54, 1.807) is 45.0 Å². The van der Waals surface area contributed by atoms with Gasteiger partial charge in [-0.3, -0.25) is 24.6 Å². The molecule has 1 fully saturated rings. The number of methoxy groups -OCH3 is 1. The Balaban J connectivity index is 2.07. The monoisotopic (exact) mass is 602 g/mol. The minimum absolute atomic E-state index is 0.0717. The number of rotatable bonds is 12. The van der Waals surface area contributed by atoms with Crippen LogP contribution in [0.25, 0.3) is 0 Å².